The third kappa shape index (κ3) is 3.35. The lowest BCUT2D eigenvalue weighted by molar-refractivity contribution is 0.0696. The molecule has 0 spiro atoms. The minimum absolute atomic E-state index is 0.0536. The van der Waals surface area contributed by atoms with Crippen molar-refractivity contribution in [2.75, 3.05) is 19.8 Å². The van der Waals surface area contributed by atoms with Gasteiger partial charge in [0.05, 0.1) is 11.6 Å². The predicted octanol–water partition coefficient (Wildman–Crippen LogP) is 3.44. The minimum atomic E-state index is -1.03. The summed E-state index contributed by atoms with van der Waals surface area (Å²) in [4.78, 5) is 26.3. The third-order valence-electron chi connectivity index (χ3n) is 5.04. The number of rotatable bonds is 3. The highest BCUT2D eigenvalue weighted by molar-refractivity contribution is 5.98. The highest BCUT2D eigenvalue weighted by atomic mass is 16.6. The number of benzene rings is 2. The number of hydrogen-bond acceptors (Lipinski definition) is 4. The maximum absolute atomic E-state index is 13.1. The minimum Gasteiger partial charge on any atom is -0.486 e. The van der Waals surface area contributed by atoms with Crippen LogP contribution in [0.3, 0.4) is 0 Å². The summed E-state index contributed by atoms with van der Waals surface area (Å²) >= 11 is 0. The average molecular weight is 367 g/mol. The Morgan fingerprint density at radius 2 is 1.78 bits per heavy atom. The Hall–Kier alpha value is -3.02. The molecular weight excluding hydrogens is 346 g/mol. The summed E-state index contributed by atoms with van der Waals surface area (Å²) in [5.74, 6) is 0.267. The predicted molar refractivity (Wildman–Crippen MR) is 98.6 cm³/mol. The van der Waals surface area contributed by atoms with Gasteiger partial charge in [-0.2, -0.15) is 0 Å². The Bertz CT molecular complexity index is 907. The Balaban J connectivity index is 1.63. The quantitative estimate of drug-likeness (QED) is 0.899. The number of carboxylic acids is 1. The molecule has 2 heterocycles. The molecule has 6 nitrogen and oxygen atoms in total. The van der Waals surface area contributed by atoms with Crippen LogP contribution in [0.5, 0.6) is 11.5 Å². The average Bonchev–Trinajstić information content (AvgIpc) is 3.16. The van der Waals surface area contributed by atoms with Crippen molar-refractivity contribution in [2.45, 2.75) is 25.8 Å². The van der Waals surface area contributed by atoms with Gasteiger partial charge in [-0.15, -0.1) is 0 Å². The van der Waals surface area contributed by atoms with Crippen molar-refractivity contribution >= 4 is 11.9 Å². The van der Waals surface area contributed by atoms with Gasteiger partial charge >= 0.3 is 5.97 Å². The molecule has 6 heteroatoms. The molecule has 0 aromatic heterocycles. The van der Waals surface area contributed by atoms with E-state index >= 15 is 0 Å². The number of carbonyl (C=O) groups excluding carboxylic acids is 1. The first kappa shape index (κ1) is 17.4. The Morgan fingerprint density at radius 1 is 1.04 bits per heavy atom. The summed E-state index contributed by atoms with van der Waals surface area (Å²) in [5.41, 5.74) is 2.31. The number of carboxylic acid groups (broad SMARTS) is 1. The second kappa shape index (κ2) is 6.95. The number of hydrogen-bond donors (Lipinski definition) is 1. The number of likely N-dealkylation sites (tertiary alicyclic amines) is 1. The molecule has 0 bridgehead atoms. The third-order valence-corrected chi connectivity index (χ3v) is 5.04. The molecule has 0 saturated carbocycles. The number of ether oxygens (including phenoxy) is 2. The van der Waals surface area contributed by atoms with Crippen molar-refractivity contribution in [2.24, 2.45) is 0 Å². The molecule has 1 saturated heterocycles. The van der Waals surface area contributed by atoms with Crippen molar-refractivity contribution in [3.05, 3.63) is 58.7 Å². The molecule has 1 unspecified atom stereocenters. The van der Waals surface area contributed by atoms with Crippen LogP contribution >= 0.6 is 0 Å². The van der Waals surface area contributed by atoms with Gasteiger partial charge in [0.1, 0.15) is 13.2 Å². The van der Waals surface area contributed by atoms with E-state index in [9.17, 15) is 14.7 Å². The van der Waals surface area contributed by atoms with Crippen molar-refractivity contribution < 1.29 is 24.2 Å². The number of carbonyl (C=O) groups is 2. The van der Waals surface area contributed by atoms with E-state index in [4.69, 9.17) is 9.47 Å². The molecule has 2 aliphatic rings. The molecule has 2 aromatic rings. The van der Waals surface area contributed by atoms with Gasteiger partial charge in [0.15, 0.2) is 11.5 Å². The smallest absolute Gasteiger partial charge is 0.335 e. The molecule has 2 aliphatic heterocycles. The van der Waals surface area contributed by atoms with Crippen LogP contribution in [0.2, 0.25) is 0 Å². The van der Waals surface area contributed by atoms with Gasteiger partial charge in [0, 0.05) is 12.1 Å². The van der Waals surface area contributed by atoms with Crippen LogP contribution in [0.4, 0.5) is 0 Å². The van der Waals surface area contributed by atoms with Gasteiger partial charge in [-0.1, -0.05) is 6.07 Å². The van der Waals surface area contributed by atoms with Gasteiger partial charge in [-0.3, -0.25) is 4.79 Å². The first-order valence-electron chi connectivity index (χ1n) is 9.08. The second-order valence-corrected chi connectivity index (χ2v) is 6.95. The summed E-state index contributed by atoms with van der Waals surface area (Å²) in [6, 6.07) is 10.5. The fourth-order valence-corrected chi connectivity index (χ4v) is 3.82. The molecule has 1 amide bonds. The molecule has 0 radical (unpaired) electrons. The lowest BCUT2D eigenvalue weighted by atomic mass is 10.0. The lowest BCUT2D eigenvalue weighted by Crippen LogP contribution is -2.31. The van der Waals surface area contributed by atoms with E-state index in [-0.39, 0.29) is 17.5 Å². The van der Waals surface area contributed by atoms with E-state index in [2.05, 4.69) is 0 Å². The molecule has 4 rings (SSSR count). The van der Waals surface area contributed by atoms with Crippen LogP contribution in [0.25, 0.3) is 0 Å². The summed E-state index contributed by atoms with van der Waals surface area (Å²) in [6.07, 6.45) is 1.77. The van der Waals surface area contributed by atoms with E-state index in [0.29, 0.717) is 31.1 Å². The topological polar surface area (TPSA) is 76.1 Å². The van der Waals surface area contributed by atoms with Crippen LogP contribution in [0, 0.1) is 6.92 Å². The van der Waals surface area contributed by atoms with Gasteiger partial charge in [0.25, 0.3) is 5.91 Å². The lowest BCUT2D eigenvalue weighted by Gasteiger charge is -2.27. The molecule has 27 heavy (non-hydrogen) atoms. The highest BCUT2D eigenvalue weighted by Gasteiger charge is 2.32. The van der Waals surface area contributed by atoms with Crippen molar-refractivity contribution in [1.29, 1.82) is 0 Å². The molecule has 1 fully saturated rings. The fraction of sp³-hybridized carbons (Fsp3) is 0.333. The molecule has 1 N–H and O–H groups in total. The number of aromatic carboxylic acids is 1. The van der Waals surface area contributed by atoms with Gasteiger partial charge < -0.3 is 19.5 Å². The number of fused-ring (bicyclic) bond motifs is 1. The fourth-order valence-electron chi connectivity index (χ4n) is 3.82. The normalized spacial score (nSPS) is 18.4. The molecule has 1 atom stereocenters. The SMILES string of the molecule is Cc1cc(C(=O)O)cc(C(=O)N2CCCC2c2ccc3c(c2)OCCO3)c1. The van der Waals surface area contributed by atoms with E-state index in [0.717, 1.165) is 29.7 Å². The Kier molecular flexibility index (Phi) is 4.48. The molecule has 2 aromatic carbocycles. The van der Waals surface area contributed by atoms with Crippen LogP contribution in [0.1, 0.15) is 50.7 Å². The Morgan fingerprint density at radius 3 is 2.56 bits per heavy atom. The number of amides is 1. The first-order chi connectivity index (χ1) is 13.0. The summed E-state index contributed by atoms with van der Waals surface area (Å²) < 4.78 is 11.2. The summed E-state index contributed by atoms with van der Waals surface area (Å²) in [7, 11) is 0. The van der Waals surface area contributed by atoms with Gasteiger partial charge in [0.2, 0.25) is 0 Å². The molecular formula is C21H21NO5. The monoisotopic (exact) mass is 367 g/mol. The van der Waals surface area contributed by atoms with Crippen LogP contribution < -0.4 is 9.47 Å². The summed E-state index contributed by atoms with van der Waals surface area (Å²) in [6.45, 7) is 3.50. The first-order valence-corrected chi connectivity index (χ1v) is 9.08. The van der Waals surface area contributed by atoms with Crippen LogP contribution in [-0.4, -0.2) is 41.6 Å². The zero-order chi connectivity index (χ0) is 19.0. The maximum atomic E-state index is 13.1. The molecule has 0 aliphatic carbocycles. The van der Waals surface area contributed by atoms with Crippen LogP contribution in [0.15, 0.2) is 36.4 Å². The van der Waals surface area contributed by atoms with Crippen molar-refractivity contribution in [3.63, 3.8) is 0 Å². The van der Waals surface area contributed by atoms with Gasteiger partial charge in [-0.25, -0.2) is 4.79 Å². The second-order valence-electron chi connectivity index (χ2n) is 6.95. The highest BCUT2D eigenvalue weighted by Crippen LogP contribution is 2.38. The van der Waals surface area contributed by atoms with Crippen LogP contribution in [-0.2, 0) is 0 Å². The maximum Gasteiger partial charge on any atom is 0.335 e. The zero-order valence-corrected chi connectivity index (χ0v) is 15.1. The van der Waals surface area contributed by atoms with E-state index < -0.39 is 5.97 Å². The number of aryl methyl sites for hydroxylation is 1. The standard InChI is InChI=1S/C21H21NO5/c1-13-9-15(11-16(10-13)21(24)25)20(23)22-6-2-3-17(22)14-4-5-18-19(12-14)27-8-7-26-18/h4-5,9-12,17H,2-3,6-8H2,1H3,(H,24,25). The van der Waals surface area contributed by atoms with Crippen molar-refractivity contribution in [1.82, 2.24) is 4.90 Å². The molecule has 140 valence electrons. The number of nitrogens with zero attached hydrogens (tertiary/aromatic N) is 1. The Labute approximate surface area is 157 Å². The van der Waals surface area contributed by atoms with E-state index in [1.165, 1.54) is 6.07 Å². The van der Waals surface area contributed by atoms with Gasteiger partial charge in [-0.05, 0) is 61.2 Å². The van der Waals surface area contributed by atoms with E-state index in [1.54, 1.807) is 19.1 Å². The zero-order valence-electron chi connectivity index (χ0n) is 15.1. The van der Waals surface area contributed by atoms with E-state index in [1.807, 2.05) is 23.1 Å². The summed E-state index contributed by atoms with van der Waals surface area (Å²) in [5, 5.41) is 9.27. The van der Waals surface area contributed by atoms with Crippen molar-refractivity contribution in [3.8, 4) is 11.5 Å². The largest absolute Gasteiger partial charge is 0.486 e.